The summed E-state index contributed by atoms with van der Waals surface area (Å²) in [6, 6.07) is 8.84. The average Bonchev–Trinajstić information content (AvgIpc) is 3.55. The number of amides is 5. The number of pyridine rings is 1. The lowest BCUT2D eigenvalue weighted by Gasteiger charge is -2.30. The minimum atomic E-state index is -0.626. The maximum absolute atomic E-state index is 13.3. The number of rotatable bonds is 16. The van der Waals surface area contributed by atoms with Gasteiger partial charge in [-0.25, -0.2) is 4.79 Å². The molecule has 4 heterocycles. The van der Waals surface area contributed by atoms with E-state index >= 15 is 0 Å². The summed E-state index contributed by atoms with van der Waals surface area (Å²) in [7, 11) is 9.03. The first-order valence-electron chi connectivity index (χ1n) is 20.1. The number of nitrogens with one attached hydrogen (secondary N) is 3. The van der Waals surface area contributed by atoms with Gasteiger partial charge in [0.2, 0.25) is 11.8 Å². The van der Waals surface area contributed by atoms with Crippen LogP contribution in [0, 0.1) is 0 Å². The van der Waals surface area contributed by atoms with Crippen molar-refractivity contribution < 1.29 is 38.6 Å². The van der Waals surface area contributed by atoms with Gasteiger partial charge in [0.15, 0.2) is 0 Å². The van der Waals surface area contributed by atoms with Crippen molar-refractivity contribution in [3.05, 3.63) is 74.7 Å². The smallest absolute Gasteiger partial charge is 0.317 e. The molecule has 1 fully saturated rings. The molecule has 3 aliphatic rings. The minimum absolute atomic E-state index is 0.0983. The topological polar surface area (TPSA) is 192 Å². The number of fused-ring (bicyclic) bond motifs is 2. The van der Waals surface area contributed by atoms with Crippen LogP contribution >= 0.6 is 0 Å². The van der Waals surface area contributed by atoms with Crippen molar-refractivity contribution in [3.8, 4) is 22.6 Å². The van der Waals surface area contributed by atoms with Gasteiger partial charge >= 0.3 is 6.03 Å². The molecule has 5 amide bonds. The first-order chi connectivity index (χ1) is 28.4. The number of carbonyl (C=O) groups is 5. The van der Waals surface area contributed by atoms with Crippen LogP contribution in [0.2, 0.25) is 0 Å². The van der Waals surface area contributed by atoms with Crippen LogP contribution in [-0.2, 0) is 47.5 Å². The number of methoxy groups -OCH3 is 2. The number of anilines is 1. The Labute approximate surface area is 344 Å². The summed E-state index contributed by atoms with van der Waals surface area (Å²) < 4.78 is 13.1. The highest BCUT2D eigenvalue weighted by Gasteiger charge is 2.40. The maximum Gasteiger partial charge on any atom is 0.317 e. The van der Waals surface area contributed by atoms with Crippen LogP contribution in [0.5, 0.6) is 11.5 Å². The molecule has 1 unspecified atom stereocenters. The molecule has 3 aliphatic heterocycles. The zero-order valence-electron chi connectivity index (χ0n) is 34.7. The van der Waals surface area contributed by atoms with E-state index in [0.29, 0.717) is 50.1 Å². The molecule has 59 heavy (non-hydrogen) atoms. The molecule has 0 spiro atoms. The number of carbonyl (C=O) groups excluding carboxylic acids is 4. The van der Waals surface area contributed by atoms with E-state index in [1.165, 1.54) is 0 Å². The van der Waals surface area contributed by atoms with Crippen molar-refractivity contribution in [3.63, 3.8) is 0 Å². The summed E-state index contributed by atoms with van der Waals surface area (Å²) in [6.45, 7) is 2.87. The van der Waals surface area contributed by atoms with Gasteiger partial charge in [-0.05, 0) is 75.2 Å². The van der Waals surface area contributed by atoms with Crippen molar-refractivity contribution in [1.82, 2.24) is 29.9 Å². The number of carboxylic acid groups (broad SMARTS) is 1. The maximum atomic E-state index is 13.3. The Morgan fingerprint density at radius 2 is 1.58 bits per heavy atom. The first-order valence-corrected chi connectivity index (χ1v) is 20.1. The first kappa shape index (κ1) is 44.2. The molecule has 0 radical (unpaired) electrons. The molecule has 1 atom stereocenters. The summed E-state index contributed by atoms with van der Waals surface area (Å²) in [5.41, 5.74) is 6.69. The van der Waals surface area contributed by atoms with Crippen molar-refractivity contribution in [2.24, 2.45) is 7.05 Å². The number of aromatic nitrogens is 1. The Hall–Kier alpha value is -5.90. The standard InChI is InChI=1S/C42H55N7O7.CH2O2/c1-46(2)23-33-36(55-4)21-27(22-37(33)56-5)30-24-47(3)40(52)32-25-48(20-17-28(30)32)42(54)44-19-11-9-7-6-8-10-18-43-34-14-12-13-29-31(34)26-49(41(29)53)35-15-16-38(50)45-39(35)51;2-1-3/h12-14,21-22,24,35,43H,6-11,15-20,23,25-26H2,1-5H3,(H,44,54)(H,45,50,51);1H,(H,2,3). The fourth-order valence-corrected chi connectivity index (χ4v) is 8.07. The van der Waals surface area contributed by atoms with Gasteiger partial charge < -0.3 is 44.5 Å². The lowest BCUT2D eigenvalue weighted by molar-refractivity contribution is -0.137. The highest BCUT2D eigenvalue weighted by atomic mass is 16.5. The number of imide groups is 1. The highest BCUT2D eigenvalue weighted by Crippen LogP contribution is 2.38. The van der Waals surface area contributed by atoms with Gasteiger partial charge in [-0.1, -0.05) is 31.7 Å². The largest absolute Gasteiger partial charge is 0.496 e. The van der Waals surface area contributed by atoms with E-state index in [2.05, 4.69) is 20.9 Å². The highest BCUT2D eigenvalue weighted by molar-refractivity contribution is 6.06. The number of nitrogens with zero attached hydrogens (tertiary/aromatic N) is 4. The van der Waals surface area contributed by atoms with E-state index in [1.807, 2.05) is 44.6 Å². The third-order valence-corrected chi connectivity index (χ3v) is 11.0. The molecule has 1 saturated heterocycles. The normalized spacial score (nSPS) is 15.8. The predicted octanol–water partition coefficient (Wildman–Crippen LogP) is 4.11. The number of hydrogen-bond donors (Lipinski definition) is 4. The molecular weight excluding hydrogens is 759 g/mol. The number of hydrogen-bond acceptors (Lipinski definition) is 10. The van der Waals surface area contributed by atoms with Gasteiger partial charge in [0.1, 0.15) is 17.5 Å². The van der Waals surface area contributed by atoms with Gasteiger partial charge in [0, 0.05) is 80.3 Å². The molecule has 3 aromatic rings. The average molecular weight is 816 g/mol. The lowest BCUT2D eigenvalue weighted by atomic mass is 9.91. The summed E-state index contributed by atoms with van der Waals surface area (Å²) >= 11 is 0. The van der Waals surface area contributed by atoms with Crippen LogP contribution in [0.4, 0.5) is 10.5 Å². The zero-order valence-corrected chi connectivity index (χ0v) is 34.7. The van der Waals surface area contributed by atoms with Crippen molar-refractivity contribution >= 4 is 35.9 Å². The lowest BCUT2D eigenvalue weighted by Crippen LogP contribution is -2.52. The van der Waals surface area contributed by atoms with Crippen LogP contribution in [0.3, 0.4) is 0 Å². The molecule has 1 aromatic heterocycles. The Morgan fingerprint density at radius 3 is 2.22 bits per heavy atom. The monoisotopic (exact) mass is 815 g/mol. The predicted molar refractivity (Wildman–Crippen MR) is 222 cm³/mol. The van der Waals surface area contributed by atoms with Crippen LogP contribution in [-0.4, -0.2) is 109 Å². The number of unbranched alkanes of at least 4 members (excludes halogenated alkanes) is 5. The van der Waals surface area contributed by atoms with Crippen LogP contribution in [0.1, 0.15) is 84.0 Å². The molecule has 6 rings (SSSR count). The van der Waals surface area contributed by atoms with Gasteiger partial charge in [-0.2, -0.15) is 0 Å². The molecule has 16 heteroatoms. The van der Waals surface area contributed by atoms with Gasteiger partial charge in [-0.3, -0.25) is 29.3 Å². The Bertz CT molecular complexity index is 2060. The van der Waals surface area contributed by atoms with Gasteiger partial charge in [0.05, 0.1) is 26.3 Å². The fourth-order valence-electron chi connectivity index (χ4n) is 8.07. The Kier molecular flexibility index (Phi) is 15.5. The summed E-state index contributed by atoms with van der Waals surface area (Å²) in [5, 5.41) is 15.8. The summed E-state index contributed by atoms with van der Waals surface area (Å²) in [6.07, 6.45) is 9.07. The number of urea groups is 1. The van der Waals surface area contributed by atoms with E-state index in [4.69, 9.17) is 19.4 Å². The number of ether oxygens (including phenoxy) is 2. The minimum Gasteiger partial charge on any atom is -0.496 e. The van der Waals surface area contributed by atoms with Crippen molar-refractivity contribution in [2.75, 3.05) is 53.3 Å². The Balaban J connectivity index is 0.00000214. The quantitative estimate of drug-likeness (QED) is 0.0925. The van der Waals surface area contributed by atoms with Crippen LogP contribution in [0.25, 0.3) is 11.1 Å². The zero-order chi connectivity index (χ0) is 42.6. The number of aryl methyl sites for hydroxylation is 1. The van der Waals surface area contributed by atoms with Crippen molar-refractivity contribution in [2.45, 2.75) is 83.5 Å². The van der Waals surface area contributed by atoms with E-state index in [0.717, 1.165) is 90.1 Å². The molecule has 4 N–H and O–H groups in total. The summed E-state index contributed by atoms with van der Waals surface area (Å²) in [5.74, 6) is 0.571. The second kappa shape index (κ2) is 20.7. The third-order valence-electron chi connectivity index (χ3n) is 11.0. The molecule has 2 aromatic carbocycles. The fraction of sp³-hybridized carbons (Fsp3) is 0.488. The van der Waals surface area contributed by atoms with Gasteiger partial charge in [0.25, 0.3) is 17.9 Å². The summed E-state index contributed by atoms with van der Waals surface area (Å²) in [4.78, 5) is 77.3. The molecule has 318 valence electrons. The molecule has 0 aliphatic carbocycles. The molecule has 0 saturated carbocycles. The molecular formula is C43H57N7O9. The molecule has 0 bridgehead atoms. The van der Waals surface area contributed by atoms with E-state index in [9.17, 15) is 24.0 Å². The van der Waals surface area contributed by atoms with Crippen LogP contribution in [0.15, 0.2) is 41.3 Å². The van der Waals surface area contributed by atoms with E-state index in [-0.39, 0.29) is 42.8 Å². The Morgan fingerprint density at radius 1 is 0.915 bits per heavy atom. The van der Waals surface area contributed by atoms with Crippen LogP contribution < -0.4 is 31.0 Å². The number of piperidine rings is 1. The second-order valence-corrected chi connectivity index (χ2v) is 15.3. The van der Waals surface area contributed by atoms with E-state index in [1.54, 1.807) is 41.7 Å². The van der Waals surface area contributed by atoms with Gasteiger partial charge in [-0.15, -0.1) is 0 Å². The SMILES string of the molecule is COc1cc(-c2cn(C)c(=O)c3c2CCN(C(=O)NCCCCCCCCNc2cccc4c2CN(C2CCC(=O)NC2=O)C4=O)C3)cc(OC)c1CN(C)C.O=CO. The molecule has 16 nitrogen and oxygen atoms in total. The third kappa shape index (κ3) is 10.6. The second-order valence-electron chi connectivity index (χ2n) is 15.3. The number of benzene rings is 2. The van der Waals surface area contributed by atoms with E-state index < -0.39 is 11.9 Å². The van der Waals surface area contributed by atoms with Crippen molar-refractivity contribution in [1.29, 1.82) is 0 Å².